The van der Waals surface area contributed by atoms with Crippen molar-refractivity contribution < 1.29 is 14.4 Å². The van der Waals surface area contributed by atoms with E-state index in [-0.39, 0.29) is 12.2 Å². The van der Waals surface area contributed by atoms with E-state index in [1.54, 1.807) is 0 Å². The summed E-state index contributed by atoms with van der Waals surface area (Å²) in [4.78, 5) is 34.2. The zero-order valence-electron chi connectivity index (χ0n) is 12.2. The van der Waals surface area contributed by atoms with Crippen molar-refractivity contribution in [3.8, 4) is 0 Å². The molecule has 0 aliphatic carbocycles. The van der Waals surface area contributed by atoms with Crippen molar-refractivity contribution in [3.63, 3.8) is 0 Å². The van der Waals surface area contributed by atoms with Gasteiger partial charge in [-0.2, -0.15) is 0 Å². The van der Waals surface area contributed by atoms with Crippen LogP contribution >= 0.6 is 0 Å². The Hall–Kier alpha value is -1.19. The molecule has 1 aliphatic rings. The third-order valence-corrected chi connectivity index (χ3v) is 3.73. The monoisotopic (exact) mass is 267 g/mol. The first-order chi connectivity index (χ1) is 8.90. The van der Waals surface area contributed by atoms with Crippen molar-refractivity contribution in [1.82, 2.24) is 5.32 Å². The van der Waals surface area contributed by atoms with Gasteiger partial charge in [-0.3, -0.25) is 19.7 Å². The van der Waals surface area contributed by atoms with Crippen LogP contribution in [0.25, 0.3) is 0 Å². The standard InChI is InChI=1S/C15H25NO3/c1-10(2)5-4-6-11(3)7-8-12-13(17)9-14(18)16-15(12)19/h10-12H,4-9H2,1-3H3,(H,16,18,19). The molecule has 0 aromatic heterocycles. The first-order valence-electron chi connectivity index (χ1n) is 7.26. The van der Waals surface area contributed by atoms with Gasteiger partial charge >= 0.3 is 0 Å². The molecule has 0 bridgehead atoms. The molecule has 1 heterocycles. The number of imide groups is 1. The van der Waals surface area contributed by atoms with Crippen LogP contribution in [0, 0.1) is 17.8 Å². The van der Waals surface area contributed by atoms with E-state index in [9.17, 15) is 14.4 Å². The summed E-state index contributed by atoms with van der Waals surface area (Å²) in [6.45, 7) is 6.59. The summed E-state index contributed by atoms with van der Waals surface area (Å²) in [6, 6.07) is 0. The van der Waals surface area contributed by atoms with Gasteiger partial charge in [0.1, 0.15) is 0 Å². The first kappa shape index (κ1) is 15.9. The quantitative estimate of drug-likeness (QED) is 0.569. The van der Waals surface area contributed by atoms with Crippen molar-refractivity contribution in [2.75, 3.05) is 0 Å². The van der Waals surface area contributed by atoms with Crippen molar-refractivity contribution in [3.05, 3.63) is 0 Å². The average molecular weight is 267 g/mol. The van der Waals surface area contributed by atoms with Gasteiger partial charge in [0.15, 0.2) is 5.78 Å². The van der Waals surface area contributed by atoms with E-state index < -0.39 is 17.7 Å². The molecule has 4 heteroatoms. The van der Waals surface area contributed by atoms with E-state index >= 15 is 0 Å². The van der Waals surface area contributed by atoms with Gasteiger partial charge in [0.05, 0.1) is 12.3 Å². The van der Waals surface area contributed by atoms with Gasteiger partial charge in [0, 0.05) is 0 Å². The number of piperidine rings is 1. The molecule has 1 fully saturated rings. The number of nitrogens with one attached hydrogen (secondary N) is 1. The van der Waals surface area contributed by atoms with Crippen LogP contribution < -0.4 is 5.32 Å². The highest BCUT2D eigenvalue weighted by Crippen LogP contribution is 2.21. The second-order valence-electron chi connectivity index (χ2n) is 6.12. The van der Waals surface area contributed by atoms with E-state index in [1.165, 1.54) is 12.8 Å². The molecule has 0 aromatic rings. The maximum atomic E-state index is 11.6. The highest BCUT2D eigenvalue weighted by molar-refractivity contribution is 6.18. The Bertz CT molecular complexity index is 329. The van der Waals surface area contributed by atoms with Gasteiger partial charge < -0.3 is 0 Å². The van der Waals surface area contributed by atoms with Gasteiger partial charge in [0.25, 0.3) is 0 Å². The van der Waals surface area contributed by atoms with Crippen LogP contribution in [-0.2, 0) is 14.4 Å². The topological polar surface area (TPSA) is 63.2 Å². The Morgan fingerprint density at radius 3 is 2.37 bits per heavy atom. The van der Waals surface area contributed by atoms with Gasteiger partial charge in [-0.15, -0.1) is 0 Å². The lowest BCUT2D eigenvalue weighted by atomic mass is 9.87. The van der Waals surface area contributed by atoms with Gasteiger partial charge in [-0.25, -0.2) is 0 Å². The molecular formula is C15H25NO3. The fourth-order valence-electron chi connectivity index (χ4n) is 2.46. The lowest BCUT2D eigenvalue weighted by molar-refractivity contribution is -0.143. The molecule has 2 unspecified atom stereocenters. The zero-order chi connectivity index (χ0) is 14.4. The Morgan fingerprint density at radius 1 is 1.11 bits per heavy atom. The highest BCUT2D eigenvalue weighted by Gasteiger charge is 2.33. The molecule has 2 atom stereocenters. The molecule has 0 radical (unpaired) electrons. The number of amides is 2. The number of ketones is 1. The van der Waals surface area contributed by atoms with Crippen LogP contribution in [0.5, 0.6) is 0 Å². The van der Waals surface area contributed by atoms with Crippen LogP contribution in [0.3, 0.4) is 0 Å². The van der Waals surface area contributed by atoms with Crippen LogP contribution in [0.1, 0.15) is 59.3 Å². The Balaban J connectivity index is 2.29. The molecule has 0 saturated carbocycles. The van der Waals surface area contributed by atoms with E-state index in [4.69, 9.17) is 0 Å². The molecule has 1 saturated heterocycles. The molecule has 108 valence electrons. The SMILES string of the molecule is CC(C)CCCC(C)CCC1C(=O)CC(=O)NC1=O. The minimum absolute atomic E-state index is 0.141. The maximum Gasteiger partial charge on any atom is 0.237 e. The second-order valence-corrected chi connectivity index (χ2v) is 6.12. The summed E-state index contributed by atoms with van der Waals surface area (Å²) < 4.78 is 0. The van der Waals surface area contributed by atoms with E-state index in [0.29, 0.717) is 12.3 Å². The molecular weight excluding hydrogens is 242 g/mol. The van der Waals surface area contributed by atoms with Gasteiger partial charge in [-0.1, -0.05) is 40.0 Å². The van der Waals surface area contributed by atoms with E-state index in [2.05, 4.69) is 26.1 Å². The van der Waals surface area contributed by atoms with Crippen molar-refractivity contribution >= 4 is 17.6 Å². The van der Waals surface area contributed by atoms with Crippen LogP contribution in [0.15, 0.2) is 0 Å². The number of rotatable bonds is 7. The molecule has 0 aromatic carbocycles. The third kappa shape index (κ3) is 5.53. The Labute approximate surface area is 115 Å². The lowest BCUT2D eigenvalue weighted by Gasteiger charge is -2.21. The summed E-state index contributed by atoms with van der Waals surface area (Å²) in [6.07, 6.45) is 4.86. The smallest absolute Gasteiger partial charge is 0.237 e. The molecule has 0 spiro atoms. The summed E-state index contributed by atoms with van der Waals surface area (Å²) >= 11 is 0. The summed E-state index contributed by atoms with van der Waals surface area (Å²) in [5.74, 6) is -0.443. The van der Waals surface area contributed by atoms with Crippen LogP contribution in [0.2, 0.25) is 0 Å². The molecule has 4 nitrogen and oxygen atoms in total. The normalized spacial score (nSPS) is 21.7. The number of carbonyl (C=O) groups excluding carboxylic acids is 3. The van der Waals surface area contributed by atoms with Crippen LogP contribution in [0.4, 0.5) is 0 Å². The summed E-state index contributed by atoms with van der Waals surface area (Å²) in [5.41, 5.74) is 0. The molecule has 2 amide bonds. The molecule has 1 aliphatic heterocycles. The maximum absolute atomic E-state index is 11.6. The van der Waals surface area contributed by atoms with Crippen molar-refractivity contribution in [2.45, 2.75) is 59.3 Å². The highest BCUT2D eigenvalue weighted by atomic mass is 16.2. The number of hydrogen-bond donors (Lipinski definition) is 1. The molecule has 1 N–H and O–H groups in total. The predicted molar refractivity (Wildman–Crippen MR) is 73.4 cm³/mol. The minimum atomic E-state index is -0.606. The predicted octanol–water partition coefficient (Wildman–Crippen LogP) is 2.46. The van der Waals surface area contributed by atoms with E-state index in [1.807, 2.05) is 0 Å². The molecule has 1 rings (SSSR count). The lowest BCUT2D eigenvalue weighted by Crippen LogP contribution is -2.46. The fourth-order valence-corrected chi connectivity index (χ4v) is 2.46. The largest absolute Gasteiger partial charge is 0.298 e. The summed E-state index contributed by atoms with van der Waals surface area (Å²) in [7, 11) is 0. The summed E-state index contributed by atoms with van der Waals surface area (Å²) in [5, 5.41) is 2.24. The average Bonchev–Trinajstić information content (AvgIpc) is 2.26. The van der Waals surface area contributed by atoms with Gasteiger partial charge in [-0.05, 0) is 24.7 Å². The van der Waals surface area contributed by atoms with Crippen molar-refractivity contribution in [2.24, 2.45) is 17.8 Å². The van der Waals surface area contributed by atoms with E-state index in [0.717, 1.165) is 18.8 Å². The second kappa shape index (κ2) is 7.41. The third-order valence-electron chi connectivity index (χ3n) is 3.73. The van der Waals surface area contributed by atoms with Crippen molar-refractivity contribution in [1.29, 1.82) is 0 Å². The minimum Gasteiger partial charge on any atom is -0.298 e. The molecule has 19 heavy (non-hydrogen) atoms. The van der Waals surface area contributed by atoms with Crippen LogP contribution in [-0.4, -0.2) is 17.6 Å². The number of Topliss-reactive ketones (excluding diaryl/α,β-unsaturated/α-hetero) is 1. The first-order valence-corrected chi connectivity index (χ1v) is 7.26. The Morgan fingerprint density at radius 2 is 1.79 bits per heavy atom. The number of carbonyl (C=O) groups is 3. The van der Waals surface area contributed by atoms with Gasteiger partial charge in [0.2, 0.25) is 11.8 Å². The number of hydrogen-bond acceptors (Lipinski definition) is 3. The fraction of sp³-hybridized carbons (Fsp3) is 0.800. The zero-order valence-corrected chi connectivity index (χ0v) is 12.2. The Kier molecular flexibility index (Phi) is 6.19.